The zero-order valence-electron chi connectivity index (χ0n) is 10.4. The Bertz CT molecular complexity index is 449. The minimum Gasteiger partial charge on any atom is -0.484 e. The smallest absolute Gasteiger partial charge is 0.322 e. The number of amides is 1. The minimum atomic E-state index is -0.943. The number of ether oxygens (including phenoxy) is 1. The summed E-state index contributed by atoms with van der Waals surface area (Å²) in [5.41, 5.74) is 0. The van der Waals surface area contributed by atoms with Gasteiger partial charge in [0.15, 0.2) is 6.61 Å². The lowest BCUT2D eigenvalue weighted by atomic mass is 10.2. The summed E-state index contributed by atoms with van der Waals surface area (Å²) < 4.78 is 5.36. The molecule has 1 aromatic rings. The Hall–Kier alpha value is -2.08. The first kappa shape index (κ1) is 13.4. The van der Waals surface area contributed by atoms with E-state index in [1.54, 1.807) is 12.1 Å². The molecule has 102 valence electrons. The van der Waals surface area contributed by atoms with Gasteiger partial charge in [-0.3, -0.25) is 9.59 Å². The second-order valence-electron chi connectivity index (χ2n) is 4.29. The Kier molecular flexibility index (Phi) is 4.35. The van der Waals surface area contributed by atoms with Crippen molar-refractivity contribution in [2.75, 3.05) is 26.2 Å². The number of carbonyl (C=O) groups is 2. The molecule has 0 radical (unpaired) electrons. The fourth-order valence-electron chi connectivity index (χ4n) is 1.89. The lowest BCUT2D eigenvalue weighted by Crippen LogP contribution is -2.56. The Labute approximate surface area is 111 Å². The number of para-hydroxylation sites is 1. The van der Waals surface area contributed by atoms with Crippen molar-refractivity contribution in [1.29, 1.82) is 0 Å². The first-order valence-corrected chi connectivity index (χ1v) is 6.08. The van der Waals surface area contributed by atoms with E-state index in [1.165, 1.54) is 4.90 Å². The number of hydrogen-bond acceptors (Lipinski definition) is 4. The Morgan fingerprint density at radius 1 is 1.37 bits per heavy atom. The number of nitrogens with one attached hydrogen (secondary N) is 1. The average Bonchev–Trinajstić information content (AvgIpc) is 2.46. The molecule has 6 heteroatoms. The Balaban J connectivity index is 1.84. The van der Waals surface area contributed by atoms with Crippen molar-refractivity contribution < 1.29 is 19.4 Å². The Morgan fingerprint density at radius 2 is 2.11 bits per heavy atom. The molecule has 6 nitrogen and oxygen atoms in total. The van der Waals surface area contributed by atoms with Crippen LogP contribution in [0.5, 0.6) is 5.75 Å². The monoisotopic (exact) mass is 264 g/mol. The molecule has 1 unspecified atom stereocenters. The largest absolute Gasteiger partial charge is 0.484 e. The predicted molar refractivity (Wildman–Crippen MR) is 67.9 cm³/mol. The molecule has 1 atom stereocenters. The van der Waals surface area contributed by atoms with Crippen LogP contribution in [0.2, 0.25) is 0 Å². The van der Waals surface area contributed by atoms with Crippen molar-refractivity contribution in [2.24, 2.45) is 0 Å². The molecule has 1 aliphatic heterocycles. The number of carboxylic acids is 1. The highest BCUT2D eigenvalue weighted by Gasteiger charge is 2.27. The minimum absolute atomic E-state index is 0.0731. The van der Waals surface area contributed by atoms with E-state index in [1.807, 2.05) is 18.2 Å². The molecule has 0 aliphatic carbocycles. The Morgan fingerprint density at radius 3 is 2.79 bits per heavy atom. The van der Waals surface area contributed by atoms with Crippen LogP contribution in [-0.4, -0.2) is 54.2 Å². The van der Waals surface area contributed by atoms with Gasteiger partial charge in [0.05, 0.1) is 0 Å². The van der Waals surface area contributed by atoms with Crippen LogP contribution in [0.25, 0.3) is 0 Å². The van der Waals surface area contributed by atoms with Crippen LogP contribution in [0.1, 0.15) is 0 Å². The topological polar surface area (TPSA) is 78.9 Å². The molecule has 1 heterocycles. The maximum Gasteiger partial charge on any atom is 0.322 e. The van der Waals surface area contributed by atoms with Crippen LogP contribution >= 0.6 is 0 Å². The van der Waals surface area contributed by atoms with Crippen molar-refractivity contribution in [2.45, 2.75) is 6.04 Å². The molecule has 1 aliphatic rings. The zero-order valence-corrected chi connectivity index (χ0v) is 10.4. The van der Waals surface area contributed by atoms with Gasteiger partial charge in [0.1, 0.15) is 11.8 Å². The standard InChI is InChI=1S/C13H16N2O4/c16-12(9-19-10-4-2-1-3-5-10)15-7-6-14-11(8-15)13(17)18/h1-5,11,14H,6-9H2,(H,17,18). The van der Waals surface area contributed by atoms with E-state index >= 15 is 0 Å². The SMILES string of the molecule is O=C(O)C1CN(C(=O)COc2ccccc2)CCN1. The van der Waals surface area contributed by atoms with Gasteiger partial charge in [0.25, 0.3) is 5.91 Å². The molecule has 0 saturated carbocycles. The number of piperazine rings is 1. The van der Waals surface area contributed by atoms with Crippen molar-refractivity contribution in [3.8, 4) is 5.75 Å². The van der Waals surface area contributed by atoms with Gasteiger partial charge in [-0.15, -0.1) is 0 Å². The summed E-state index contributed by atoms with van der Waals surface area (Å²) in [7, 11) is 0. The number of hydrogen-bond donors (Lipinski definition) is 2. The number of benzene rings is 1. The molecule has 0 spiro atoms. The highest BCUT2D eigenvalue weighted by molar-refractivity contribution is 5.80. The first-order valence-electron chi connectivity index (χ1n) is 6.08. The number of carbonyl (C=O) groups excluding carboxylic acids is 1. The molecule has 0 aromatic heterocycles. The van der Waals surface area contributed by atoms with Crippen LogP contribution in [0.4, 0.5) is 0 Å². The van der Waals surface area contributed by atoms with Crippen LogP contribution in [0.3, 0.4) is 0 Å². The second-order valence-corrected chi connectivity index (χ2v) is 4.29. The van der Waals surface area contributed by atoms with Gasteiger partial charge in [0, 0.05) is 19.6 Å². The average molecular weight is 264 g/mol. The lowest BCUT2D eigenvalue weighted by Gasteiger charge is -2.31. The van der Waals surface area contributed by atoms with Crippen LogP contribution in [0.15, 0.2) is 30.3 Å². The van der Waals surface area contributed by atoms with E-state index in [0.717, 1.165) is 0 Å². The van der Waals surface area contributed by atoms with E-state index in [-0.39, 0.29) is 19.1 Å². The fraction of sp³-hybridized carbons (Fsp3) is 0.385. The van der Waals surface area contributed by atoms with Gasteiger partial charge >= 0.3 is 5.97 Å². The number of aliphatic carboxylic acids is 1. The first-order chi connectivity index (χ1) is 9.16. The molecule has 1 saturated heterocycles. The summed E-state index contributed by atoms with van der Waals surface area (Å²) >= 11 is 0. The normalized spacial score (nSPS) is 18.9. The molecular formula is C13H16N2O4. The molecular weight excluding hydrogens is 248 g/mol. The fourth-order valence-corrected chi connectivity index (χ4v) is 1.89. The molecule has 19 heavy (non-hydrogen) atoms. The number of carboxylic acid groups (broad SMARTS) is 1. The summed E-state index contributed by atoms with van der Waals surface area (Å²) in [6, 6.07) is 8.35. The van der Waals surface area contributed by atoms with Crippen LogP contribution in [0, 0.1) is 0 Å². The van der Waals surface area contributed by atoms with Crippen LogP contribution in [-0.2, 0) is 9.59 Å². The van der Waals surface area contributed by atoms with Gasteiger partial charge < -0.3 is 20.1 Å². The third-order valence-corrected chi connectivity index (χ3v) is 2.93. The van der Waals surface area contributed by atoms with E-state index < -0.39 is 12.0 Å². The van der Waals surface area contributed by atoms with Crippen molar-refractivity contribution in [1.82, 2.24) is 10.2 Å². The summed E-state index contributed by atoms with van der Waals surface area (Å²) in [4.78, 5) is 24.3. The molecule has 1 amide bonds. The van der Waals surface area contributed by atoms with Crippen molar-refractivity contribution >= 4 is 11.9 Å². The van der Waals surface area contributed by atoms with Gasteiger partial charge in [-0.25, -0.2) is 0 Å². The zero-order chi connectivity index (χ0) is 13.7. The predicted octanol–water partition coefficient (Wildman–Crippen LogP) is -0.0496. The van der Waals surface area contributed by atoms with Gasteiger partial charge in [-0.05, 0) is 12.1 Å². The number of rotatable bonds is 4. The lowest BCUT2D eigenvalue weighted by molar-refractivity contribution is -0.143. The molecule has 2 rings (SSSR count). The van der Waals surface area contributed by atoms with E-state index in [9.17, 15) is 9.59 Å². The highest BCUT2D eigenvalue weighted by Crippen LogP contribution is 2.09. The third-order valence-electron chi connectivity index (χ3n) is 2.93. The van der Waals surface area contributed by atoms with Gasteiger partial charge in [-0.1, -0.05) is 18.2 Å². The molecule has 0 bridgehead atoms. The summed E-state index contributed by atoms with van der Waals surface area (Å²) in [6.45, 7) is 1.08. The molecule has 2 N–H and O–H groups in total. The van der Waals surface area contributed by atoms with Crippen molar-refractivity contribution in [3.63, 3.8) is 0 Å². The quantitative estimate of drug-likeness (QED) is 0.797. The maximum atomic E-state index is 11.9. The molecule has 1 fully saturated rings. The van der Waals surface area contributed by atoms with Gasteiger partial charge in [-0.2, -0.15) is 0 Å². The van der Waals surface area contributed by atoms with Crippen LogP contribution < -0.4 is 10.1 Å². The second kappa shape index (κ2) is 6.19. The maximum absolute atomic E-state index is 11.9. The van der Waals surface area contributed by atoms with Gasteiger partial charge in [0.2, 0.25) is 0 Å². The third kappa shape index (κ3) is 3.69. The van der Waals surface area contributed by atoms with Crippen molar-refractivity contribution in [3.05, 3.63) is 30.3 Å². The summed E-state index contributed by atoms with van der Waals surface area (Å²) in [5.74, 6) is -0.515. The van der Waals surface area contributed by atoms with E-state index in [4.69, 9.17) is 9.84 Å². The summed E-state index contributed by atoms with van der Waals surface area (Å²) in [5, 5.41) is 11.8. The number of nitrogens with zero attached hydrogens (tertiary/aromatic N) is 1. The van der Waals surface area contributed by atoms with E-state index in [0.29, 0.717) is 18.8 Å². The highest BCUT2D eigenvalue weighted by atomic mass is 16.5. The molecule has 1 aromatic carbocycles. The summed E-state index contributed by atoms with van der Waals surface area (Å²) in [6.07, 6.45) is 0. The van der Waals surface area contributed by atoms with E-state index in [2.05, 4.69) is 5.32 Å².